The molecule has 0 atom stereocenters. The molecule has 2 fully saturated rings. The van der Waals surface area contributed by atoms with Gasteiger partial charge in [-0.1, -0.05) is 4.98 Å². The quantitative estimate of drug-likeness (QED) is 0.192. The van der Waals surface area contributed by atoms with Gasteiger partial charge in [-0.15, -0.1) is 0 Å². The fraction of sp³-hybridized carbons (Fsp3) is 0.467. The van der Waals surface area contributed by atoms with Crippen LogP contribution in [0.25, 0.3) is 10.9 Å². The maximum atomic E-state index is 13.7. The number of anilines is 3. The van der Waals surface area contributed by atoms with Gasteiger partial charge in [-0.05, 0) is 55.7 Å². The van der Waals surface area contributed by atoms with Crippen molar-refractivity contribution in [2.75, 3.05) is 47.1 Å². The van der Waals surface area contributed by atoms with Crippen LogP contribution in [-0.2, 0) is 28.4 Å². The second kappa shape index (κ2) is 13.2. The van der Waals surface area contributed by atoms with E-state index in [9.17, 15) is 22.9 Å². The molecule has 0 unspecified atom stereocenters. The monoisotopic (exact) mass is 669 g/mol. The Bertz CT molecular complexity index is 1890. The number of fused-ring (bicyclic) bond motifs is 1. The molecule has 4 aromatic rings. The van der Waals surface area contributed by atoms with Crippen LogP contribution in [0.3, 0.4) is 0 Å². The van der Waals surface area contributed by atoms with E-state index < -0.39 is 20.9 Å². The number of sulfonamides is 1. The second-order valence-electron chi connectivity index (χ2n) is 11.8. The van der Waals surface area contributed by atoms with E-state index in [1.807, 2.05) is 6.07 Å². The lowest BCUT2D eigenvalue weighted by Gasteiger charge is -2.31. The maximum Gasteiger partial charge on any atom is 0.434 e. The number of nitrogens with one attached hydrogen (secondary N) is 1. The summed E-state index contributed by atoms with van der Waals surface area (Å²) < 4.78 is 54.2. The summed E-state index contributed by atoms with van der Waals surface area (Å²) in [6.45, 7) is 3.88. The number of hydrogen-bond acceptors (Lipinski definition) is 12. The van der Waals surface area contributed by atoms with Crippen molar-refractivity contribution in [2.45, 2.75) is 51.3 Å². The summed E-state index contributed by atoms with van der Waals surface area (Å²) in [5.74, 6) is 0.926. The van der Waals surface area contributed by atoms with Crippen molar-refractivity contribution in [1.82, 2.24) is 24.5 Å². The minimum absolute atomic E-state index is 0.149. The van der Waals surface area contributed by atoms with E-state index in [0.717, 1.165) is 36.2 Å². The number of nitrogens with zero attached hydrogens (tertiary/aromatic N) is 8. The van der Waals surface area contributed by atoms with Crippen LogP contribution in [-0.4, -0.2) is 82.5 Å². The maximum absolute atomic E-state index is 13.7. The van der Waals surface area contributed by atoms with Gasteiger partial charge >= 0.3 is 5.95 Å². The molecule has 1 N–H and O–H groups in total. The SMILES string of the molecule is Cc1nc(NC2CCC(Oc3nc(N4CCOCC4)cc4ncc(N(Cc5cnc([N+](=O)[O-])n5C)S(C)(=O)=O)cc34)CC2)ccc1F. The fourth-order valence-corrected chi connectivity index (χ4v) is 6.71. The van der Waals surface area contributed by atoms with Crippen LogP contribution in [0.2, 0.25) is 0 Å². The summed E-state index contributed by atoms with van der Waals surface area (Å²) in [4.78, 5) is 30.5. The molecule has 1 saturated carbocycles. The number of pyridine rings is 3. The molecule has 0 radical (unpaired) electrons. The lowest BCUT2D eigenvalue weighted by atomic mass is 9.93. The van der Waals surface area contributed by atoms with Crippen molar-refractivity contribution in [1.29, 1.82) is 0 Å². The Morgan fingerprint density at radius 3 is 2.53 bits per heavy atom. The molecule has 1 saturated heterocycles. The molecule has 6 rings (SSSR count). The number of hydrogen-bond donors (Lipinski definition) is 1. The van der Waals surface area contributed by atoms with Crippen LogP contribution >= 0.6 is 0 Å². The van der Waals surface area contributed by atoms with Gasteiger partial charge in [0.2, 0.25) is 15.9 Å². The molecule has 0 bridgehead atoms. The molecular weight excluding hydrogens is 633 g/mol. The highest BCUT2D eigenvalue weighted by Gasteiger charge is 2.28. The number of rotatable bonds is 10. The Morgan fingerprint density at radius 2 is 1.87 bits per heavy atom. The first-order valence-corrected chi connectivity index (χ1v) is 17.1. The zero-order valence-electron chi connectivity index (χ0n) is 26.3. The van der Waals surface area contributed by atoms with E-state index in [1.54, 1.807) is 19.1 Å². The average molecular weight is 670 g/mol. The van der Waals surface area contributed by atoms with Gasteiger partial charge in [-0.25, -0.2) is 22.4 Å². The van der Waals surface area contributed by atoms with Gasteiger partial charge in [0.05, 0.1) is 61.5 Å². The zero-order chi connectivity index (χ0) is 33.3. The highest BCUT2D eigenvalue weighted by Crippen LogP contribution is 2.34. The normalized spacial score (nSPS) is 18.7. The first-order valence-electron chi connectivity index (χ1n) is 15.3. The second-order valence-corrected chi connectivity index (χ2v) is 13.7. The number of nitro groups is 1. The van der Waals surface area contributed by atoms with Gasteiger partial charge in [-0.3, -0.25) is 9.29 Å². The highest BCUT2D eigenvalue weighted by molar-refractivity contribution is 7.92. The summed E-state index contributed by atoms with van der Waals surface area (Å²) in [6, 6.07) is 6.72. The first kappa shape index (κ1) is 32.3. The lowest BCUT2D eigenvalue weighted by molar-refractivity contribution is -0.396. The van der Waals surface area contributed by atoms with Crippen LogP contribution in [0, 0.1) is 22.9 Å². The summed E-state index contributed by atoms with van der Waals surface area (Å²) in [5, 5.41) is 15.3. The molecule has 17 heteroatoms. The third kappa shape index (κ3) is 7.20. The van der Waals surface area contributed by atoms with Crippen LogP contribution in [0.15, 0.2) is 36.7 Å². The number of imidazole rings is 1. The molecule has 1 aliphatic carbocycles. The Kier molecular flexibility index (Phi) is 9.09. The summed E-state index contributed by atoms with van der Waals surface area (Å²) in [6.07, 6.45) is 6.70. The van der Waals surface area contributed by atoms with E-state index in [1.165, 1.54) is 30.1 Å². The minimum Gasteiger partial charge on any atom is -0.474 e. The van der Waals surface area contributed by atoms with Gasteiger partial charge < -0.3 is 29.8 Å². The molecule has 15 nitrogen and oxygen atoms in total. The smallest absolute Gasteiger partial charge is 0.434 e. The van der Waals surface area contributed by atoms with Gasteiger partial charge in [0.15, 0.2) is 0 Å². The number of aromatic nitrogens is 5. The van der Waals surface area contributed by atoms with Gasteiger partial charge in [0, 0.05) is 25.2 Å². The van der Waals surface area contributed by atoms with Crippen LogP contribution in [0.5, 0.6) is 5.88 Å². The Morgan fingerprint density at radius 1 is 1.13 bits per heavy atom. The summed E-state index contributed by atoms with van der Waals surface area (Å²) >= 11 is 0. The molecule has 250 valence electrons. The van der Waals surface area contributed by atoms with E-state index in [0.29, 0.717) is 66.1 Å². The molecule has 0 aromatic carbocycles. The minimum atomic E-state index is -3.85. The van der Waals surface area contributed by atoms with E-state index in [2.05, 4.69) is 25.2 Å². The van der Waals surface area contributed by atoms with Crippen LogP contribution in [0.1, 0.15) is 37.1 Å². The molecule has 1 aliphatic heterocycles. The van der Waals surface area contributed by atoms with Crippen LogP contribution in [0.4, 0.5) is 27.7 Å². The van der Waals surface area contributed by atoms with Gasteiger partial charge in [0.25, 0.3) is 0 Å². The highest BCUT2D eigenvalue weighted by atomic mass is 32.2. The van der Waals surface area contributed by atoms with Crippen molar-refractivity contribution in [3.8, 4) is 5.88 Å². The number of morpholine rings is 1. The Hall–Kier alpha value is -4.64. The largest absolute Gasteiger partial charge is 0.474 e. The predicted molar refractivity (Wildman–Crippen MR) is 173 cm³/mol. The summed E-state index contributed by atoms with van der Waals surface area (Å²) in [7, 11) is -2.39. The molecule has 5 heterocycles. The van der Waals surface area contributed by atoms with Crippen molar-refractivity contribution in [3.05, 3.63) is 64.0 Å². The Balaban J connectivity index is 1.28. The van der Waals surface area contributed by atoms with Crippen molar-refractivity contribution in [2.24, 2.45) is 7.05 Å². The lowest BCUT2D eigenvalue weighted by Crippen LogP contribution is -2.37. The predicted octanol–water partition coefficient (Wildman–Crippen LogP) is 3.72. The molecular formula is C30H36FN9O6S. The fourth-order valence-electron chi connectivity index (χ4n) is 5.86. The van der Waals surface area contributed by atoms with Crippen molar-refractivity contribution in [3.63, 3.8) is 0 Å². The number of halogens is 1. The van der Waals surface area contributed by atoms with E-state index in [4.69, 9.17) is 14.5 Å². The Labute approximate surface area is 270 Å². The third-order valence-corrected chi connectivity index (χ3v) is 9.63. The van der Waals surface area contributed by atoms with Crippen molar-refractivity contribution < 1.29 is 27.2 Å². The van der Waals surface area contributed by atoms with Gasteiger partial charge in [0.1, 0.15) is 35.4 Å². The number of aryl methyl sites for hydroxylation is 1. The molecule has 0 spiro atoms. The molecule has 47 heavy (non-hydrogen) atoms. The van der Waals surface area contributed by atoms with Crippen LogP contribution < -0.4 is 19.3 Å². The zero-order valence-corrected chi connectivity index (χ0v) is 27.1. The summed E-state index contributed by atoms with van der Waals surface area (Å²) in [5.41, 5.74) is 1.51. The van der Waals surface area contributed by atoms with E-state index in [-0.39, 0.29) is 30.2 Å². The molecule has 0 amide bonds. The standard InChI is InChI=1S/C30H36FN9O6S/c1-19-25(31)8-9-27(34-19)35-20-4-6-23(7-5-20)46-29-24-14-21(16-32-26(24)15-28(36-29)38-10-12-45-13-11-38)39(47(3,43)44)18-22-17-33-30(37(22)2)40(41)42/h8-9,14-17,20,23H,4-7,10-13,18H2,1-3H3,(H,34,35). The van der Waals surface area contributed by atoms with Crippen molar-refractivity contribution >= 4 is 44.2 Å². The average Bonchev–Trinajstić information content (AvgIpc) is 3.42. The van der Waals surface area contributed by atoms with Gasteiger partial charge in [-0.2, -0.15) is 4.98 Å². The topological polar surface area (TPSA) is 171 Å². The third-order valence-electron chi connectivity index (χ3n) is 8.49. The first-order chi connectivity index (χ1) is 22.5. The number of ether oxygens (including phenoxy) is 2. The molecule has 4 aromatic heterocycles. The van der Waals surface area contributed by atoms with E-state index >= 15 is 0 Å². The molecule has 2 aliphatic rings.